The SMILES string of the molecule is N#Cc1c2ccccc2c(C#N)c2cc(/C=C/c3ccc(N(c4ccccc4)c4cccc5c4CCCC5)cc3)ccc12. The highest BCUT2D eigenvalue weighted by molar-refractivity contribution is 6.09. The fourth-order valence-corrected chi connectivity index (χ4v) is 6.44. The third-order valence-corrected chi connectivity index (χ3v) is 8.52. The molecule has 0 N–H and O–H groups in total. The third kappa shape index (κ3) is 4.82. The number of fused-ring (bicyclic) bond motifs is 3. The smallest absolute Gasteiger partial charge is 0.100 e. The lowest BCUT2D eigenvalue weighted by Crippen LogP contribution is -2.15. The molecule has 0 radical (unpaired) electrons. The highest BCUT2D eigenvalue weighted by atomic mass is 15.1. The maximum absolute atomic E-state index is 10.0. The first-order valence-electron chi connectivity index (χ1n) is 14.8. The standard InChI is InChI=1S/C40H29N3/c41-26-38-34-14-6-7-15-35(34)39(27-42)37-25-29(21-24-36(37)38)18-17-28-19-22-32(23-20-28)43(31-11-2-1-3-12-31)40-16-8-10-30-9-4-5-13-33(30)40/h1-3,6-8,10-12,14-25H,4-5,9,13H2/b18-17+. The molecule has 0 saturated heterocycles. The quantitative estimate of drug-likeness (QED) is 0.158. The number of hydrogen-bond donors (Lipinski definition) is 0. The fourth-order valence-electron chi connectivity index (χ4n) is 6.44. The highest BCUT2D eigenvalue weighted by Crippen LogP contribution is 2.40. The van der Waals surface area contributed by atoms with Crippen LogP contribution in [0.15, 0.2) is 115 Å². The van der Waals surface area contributed by atoms with Crippen LogP contribution in [-0.2, 0) is 12.8 Å². The van der Waals surface area contributed by atoms with Crippen molar-refractivity contribution in [3.63, 3.8) is 0 Å². The van der Waals surface area contributed by atoms with E-state index in [2.05, 4.69) is 102 Å². The van der Waals surface area contributed by atoms with Gasteiger partial charge in [-0.15, -0.1) is 0 Å². The Hall–Kier alpha value is -5.64. The topological polar surface area (TPSA) is 50.8 Å². The maximum Gasteiger partial charge on any atom is 0.100 e. The molecular weight excluding hydrogens is 522 g/mol. The number of aryl methyl sites for hydroxylation is 1. The summed E-state index contributed by atoms with van der Waals surface area (Å²) in [6, 6.07) is 44.4. The van der Waals surface area contributed by atoms with Gasteiger partial charge in [-0.2, -0.15) is 10.5 Å². The number of hydrogen-bond acceptors (Lipinski definition) is 3. The number of benzene rings is 6. The second-order valence-electron chi connectivity index (χ2n) is 11.0. The number of nitriles is 2. The van der Waals surface area contributed by atoms with Gasteiger partial charge in [-0.1, -0.05) is 91.0 Å². The van der Waals surface area contributed by atoms with Crippen LogP contribution in [0.3, 0.4) is 0 Å². The highest BCUT2D eigenvalue weighted by Gasteiger charge is 2.20. The summed E-state index contributed by atoms with van der Waals surface area (Å²) >= 11 is 0. The number of anilines is 3. The Morgan fingerprint density at radius 2 is 1.14 bits per heavy atom. The Morgan fingerprint density at radius 1 is 0.535 bits per heavy atom. The summed E-state index contributed by atoms with van der Waals surface area (Å²) in [6.45, 7) is 0. The Bertz CT molecular complexity index is 2090. The van der Waals surface area contributed by atoms with Crippen LogP contribution in [0.4, 0.5) is 17.1 Å². The van der Waals surface area contributed by atoms with Gasteiger partial charge in [0.25, 0.3) is 0 Å². The van der Waals surface area contributed by atoms with Gasteiger partial charge in [0.1, 0.15) is 12.1 Å². The van der Waals surface area contributed by atoms with Crippen molar-refractivity contribution < 1.29 is 0 Å². The zero-order chi connectivity index (χ0) is 29.2. The van der Waals surface area contributed by atoms with Gasteiger partial charge in [0.2, 0.25) is 0 Å². The van der Waals surface area contributed by atoms with E-state index < -0.39 is 0 Å². The second-order valence-corrected chi connectivity index (χ2v) is 11.0. The maximum atomic E-state index is 10.0. The predicted octanol–water partition coefficient (Wildman–Crippen LogP) is 10.3. The summed E-state index contributed by atoms with van der Waals surface area (Å²) in [5, 5.41) is 23.2. The molecule has 204 valence electrons. The van der Waals surface area contributed by atoms with E-state index in [0.717, 1.165) is 56.9 Å². The van der Waals surface area contributed by atoms with Crippen molar-refractivity contribution in [3.05, 3.63) is 149 Å². The first-order chi connectivity index (χ1) is 21.2. The molecule has 0 fully saturated rings. The van der Waals surface area contributed by atoms with Gasteiger partial charge in [-0.25, -0.2) is 0 Å². The Labute approximate surface area is 252 Å². The normalized spacial score (nSPS) is 12.6. The molecule has 3 heteroatoms. The average molecular weight is 552 g/mol. The molecule has 1 aliphatic rings. The summed E-state index contributed by atoms with van der Waals surface area (Å²) in [6.07, 6.45) is 8.91. The van der Waals surface area contributed by atoms with Gasteiger partial charge in [0.05, 0.1) is 11.1 Å². The van der Waals surface area contributed by atoms with Crippen molar-refractivity contribution in [3.8, 4) is 12.1 Å². The van der Waals surface area contributed by atoms with Crippen molar-refractivity contribution in [2.45, 2.75) is 25.7 Å². The monoisotopic (exact) mass is 551 g/mol. The van der Waals surface area contributed by atoms with E-state index in [9.17, 15) is 10.5 Å². The van der Waals surface area contributed by atoms with Crippen molar-refractivity contribution in [1.82, 2.24) is 0 Å². The molecule has 6 aromatic rings. The molecule has 0 aromatic heterocycles. The van der Waals surface area contributed by atoms with Crippen molar-refractivity contribution in [2.75, 3.05) is 4.90 Å². The lowest BCUT2D eigenvalue weighted by molar-refractivity contribution is 0.686. The van der Waals surface area contributed by atoms with Gasteiger partial charge in [-0.3, -0.25) is 0 Å². The van der Waals surface area contributed by atoms with Crippen LogP contribution in [-0.4, -0.2) is 0 Å². The minimum absolute atomic E-state index is 0.605. The van der Waals surface area contributed by atoms with E-state index in [0.29, 0.717) is 11.1 Å². The average Bonchev–Trinajstić information content (AvgIpc) is 3.07. The van der Waals surface area contributed by atoms with Crippen LogP contribution in [0, 0.1) is 22.7 Å². The molecule has 0 bridgehead atoms. The van der Waals surface area contributed by atoms with E-state index in [1.807, 2.05) is 42.5 Å². The lowest BCUT2D eigenvalue weighted by Gasteiger charge is -2.30. The largest absolute Gasteiger partial charge is 0.310 e. The molecule has 3 nitrogen and oxygen atoms in total. The third-order valence-electron chi connectivity index (χ3n) is 8.52. The molecule has 0 amide bonds. The first kappa shape index (κ1) is 26.3. The Balaban J connectivity index is 1.24. The van der Waals surface area contributed by atoms with Crippen molar-refractivity contribution in [2.24, 2.45) is 0 Å². The van der Waals surface area contributed by atoms with Crippen LogP contribution in [0.5, 0.6) is 0 Å². The number of rotatable bonds is 5. The van der Waals surface area contributed by atoms with E-state index in [1.165, 1.54) is 29.7 Å². The van der Waals surface area contributed by atoms with E-state index >= 15 is 0 Å². The minimum atomic E-state index is 0.605. The molecular formula is C40H29N3. The summed E-state index contributed by atoms with van der Waals surface area (Å²) < 4.78 is 0. The molecule has 43 heavy (non-hydrogen) atoms. The molecule has 0 saturated carbocycles. The summed E-state index contributed by atoms with van der Waals surface area (Å²) in [5.74, 6) is 0. The Kier molecular flexibility index (Phi) is 6.92. The number of nitrogens with zero attached hydrogens (tertiary/aromatic N) is 3. The first-order valence-corrected chi connectivity index (χ1v) is 14.8. The van der Waals surface area contributed by atoms with Crippen LogP contribution in [0.25, 0.3) is 33.7 Å². The fraction of sp³-hybridized carbons (Fsp3) is 0.100. The van der Waals surface area contributed by atoms with Crippen molar-refractivity contribution in [1.29, 1.82) is 10.5 Å². The summed E-state index contributed by atoms with van der Waals surface area (Å²) in [7, 11) is 0. The van der Waals surface area contributed by atoms with E-state index in [1.54, 1.807) is 0 Å². The molecule has 0 unspecified atom stereocenters. The van der Waals surface area contributed by atoms with Gasteiger partial charge in [0, 0.05) is 38.6 Å². The van der Waals surface area contributed by atoms with Gasteiger partial charge >= 0.3 is 0 Å². The van der Waals surface area contributed by atoms with E-state index in [4.69, 9.17) is 0 Å². The van der Waals surface area contributed by atoms with Gasteiger partial charge in [-0.05, 0) is 84.3 Å². The van der Waals surface area contributed by atoms with Crippen LogP contribution in [0.2, 0.25) is 0 Å². The number of para-hydroxylation sites is 1. The molecule has 7 rings (SSSR count). The summed E-state index contributed by atoms with van der Waals surface area (Å²) in [5.41, 5.74) is 9.75. The van der Waals surface area contributed by atoms with Gasteiger partial charge in [0.15, 0.2) is 0 Å². The zero-order valence-electron chi connectivity index (χ0n) is 23.8. The van der Waals surface area contributed by atoms with Crippen LogP contribution >= 0.6 is 0 Å². The molecule has 6 aromatic carbocycles. The van der Waals surface area contributed by atoms with Gasteiger partial charge < -0.3 is 4.90 Å². The molecule has 0 aliphatic heterocycles. The Morgan fingerprint density at radius 3 is 1.88 bits per heavy atom. The van der Waals surface area contributed by atoms with Crippen LogP contribution < -0.4 is 4.90 Å². The molecule has 0 spiro atoms. The second kappa shape index (κ2) is 11.3. The molecule has 0 atom stereocenters. The van der Waals surface area contributed by atoms with Crippen molar-refractivity contribution >= 4 is 50.8 Å². The molecule has 0 heterocycles. The van der Waals surface area contributed by atoms with Crippen LogP contribution in [0.1, 0.15) is 46.2 Å². The zero-order valence-corrected chi connectivity index (χ0v) is 23.8. The summed E-state index contributed by atoms with van der Waals surface area (Å²) in [4.78, 5) is 2.38. The molecule has 1 aliphatic carbocycles. The lowest BCUT2D eigenvalue weighted by atomic mass is 9.90. The van der Waals surface area contributed by atoms with E-state index in [-0.39, 0.29) is 0 Å². The minimum Gasteiger partial charge on any atom is -0.310 e. The predicted molar refractivity (Wildman–Crippen MR) is 178 cm³/mol.